The highest BCUT2D eigenvalue weighted by Crippen LogP contribution is 2.25. The van der Waals surface area contributed by atoms with Crippen molar-refractivity contribution in [3.8, 4) is 0 Å². The Kier molecular flexibility index (Phi) is 2.06. The molecule has 0 bridgehead atoms. The lowest BCUT2D eigenvalue weighted by molar-refractivity contribution is 0.671. The molecule has 0 saturated heterocycles. The molecule has 1 aliphatic carbocycles. The van der Waals surface area contributed by atoms with Crippen molar-refractivity contribution < 1.29 is 0 Å². The van der Waals surface area contributed by atoms with Crippen LogP contribution in [0.3, 0.4) is 0 Å². The van der Waals surface area contributed by atoms with Gasteiger partial charge >= 0.3 is 0 Å². The second kappa shape index (κ2) is 3.42. The van der Waals surface area contributed by atoms with Crippen molar-refractivity contribution in [3.63, 3.8) is 0 Å². The van der Waals surface area contributed by atoms with E-state index in [9.17, 15) is 0 Å². The molecule has 3 rings (SSSR count). The van der Waals surface area contributed by atoms with Crippen LogP contribution in [0.5, 0.6) is 0 Å². The van der Waals surface area contributed by atoms with E-state index in [-0.39, 0.29) is 0 Å². The normalized spacial score (nSPS) is 15.3. The van der Waals surface area contributed by atoms with Gasteiger partial charge in [0.25, 0.3) is 0 Å². The molecule has 3 nitrogen and oxygen atoms in total. The maximum Gasteiger partial charge on any atom is 0.158 e. The lowest BCUT2D eigenvalue weighted by atomic mass is 9.96. The molecule has 2 aromatic rings. The SMILES string of the molecule is Clc1ncnc2cc3c(nc12)CCCC3. The number of hydrogen-bond donors (Lipinski definition) is 0. The fourth-order valence-corrected chi connectivity index (χ4v) is 2.26. The number of aromatic nitrogens is 3. The van der Waals surface area contributed by atoms with Crippen LogP contribution in [-0.4, -0.2) is 15.0 Å². The average Bonchev–Trinajstić information content (AvgIpc) is 2.27. The zero-order valence-corrected chi connectivity index (χ0v) is 8.96. The zero-order valence-electron chi connectivity index (χ0n) is 8.20. The molecule has 0 aliphatic heterocycles. The number of rotatable bonds is 0. The summed E-state index contributed by atoms with van der Waals surface area (Å²) in [5.74, 6) is 0. The number of pyridine rings is 1. The van der Waals surface area contributed by atoms with Crippen molar-refractivity contribution in [3.05, 3.63) is 28.8 Å². The van der Waals surface area contributed by atoms with Gasteiger partial charge in [0, 0.05) is 5.69 Å². The first-order chi connectivity index (χ1) is 7.34. The monoisotopic (exact) mass is 219 g/mol. The third-order valence-corrected chi connectivity index (χ3v) is 3.12. The lowest BCUT2D eigenvalue weighted by Gasteiger charge is -2.14. The Labute approximate surface area is 92.5 Å². The highest BCUT2D eigenvalue weighted by atomic mass is 35.5. The van der Waals surface area contributed by atoms with Crippen LogP contribution in [0.2, 0.25) is 5.15 Å². The standard InChI is InChI=1S/C11H10ClN3/c12-11-10-9(13-6-14-11)5-7-3-1-2-4-8(7)15-10/h5-6H,1-4H2. The molecule has 0 unspecified atom stereocenters. The van der Waals surface area contributed by atoms with Crippen LogP contribution in [0.15, 0.2) is 12.4 Å². The molecular formula is C11H10ClN3. The largest absolute Gasteiger partial charge is 0.248 e. The van der Waals surface area contributed by atoms with Crippen molar-refractivity contribution >= 4 is 22.6 Å². The van der Waals surface area contributed by atoms with Gasteiger partial charge in [-0.15, -0.1) is 0 Å². The third-order valence-electron chi connectivity index (χ3n) is 2.84. The van der Waals surface area contributed by atoms with Gasteiger partial charge in [0.15, 0.2) is 5.15 Å². The minimum Gasteiger partial charge on any atom is -0.248 e. The van der Waals surface area contributed by atoms with Gasteiger partial charge in [-0.3, -0.25) is 0 Å². The highest BCUT2D eigenvalue weighted by Gasteiger charge is 2.13. The summed E-state index contributed by atoms with van der Waals surface area (Å²) in [5, 5.41) is 0.452. The van der Waals surface area contributed by atoms with Crippen molar-refractivity contribution in [2.75, 3.05) is 0 Å². The topological polar surface area (TPSA) is 38.7 Å². The minimum atomic E-state index is 0.452. The van der Waals surface area contributed by atoms with Crippen LogP contribution in [0.1, 0.15) is 24.1 Å². The van der Waals surface area contributed by atoms with Crippen LogP contribution < -0.4 is 0 Å². The van der Waals surface area contributed by atoms with Crippen molar-refractivity contribution in [1.82, 2.24) is 15.0 Å². The predicted octanol–water partition coefficient (Wildman–Crippen LogP) is 2.56. The molecule has 0 aromatic carbocycles. The van der Waals surface area contributed by atoms with Crippen LogP contribution in [0.4, 0.5) is 0 Å². The van der Waals surface area contributed by atoms with E-state index in [1.807, 2.05) is 0 Å². The average molecular weight is 220 g/mol. The van der Waals surface area contributed by atoms with Gasteiger partial charge in [-0.05, 0) is 37.3 Å². The Balaban J connectivity index is 2.31. The fourth-order valence-electron chi connectivity index (χ4n) is 2.07. The summed E-state index contributed by atoms with van der Waals surface area (Å²) in [6.45, 7) is 0. The molecule has 76 valence electrons. The van der Waals surface area contributed by atoms with Crippen LogP contribution >= 0.6 is 11.6 Å². The molecule has 2 heterocycles. The number of nitrogens with zero attached hydrogens (tertiary/aromatic N) is 3. The molecule has 0 atom stereocenters. The summed E-state index contributed by atoms with van der Waals surface area (Å²) in [6.07, 6.45) is 6.12. The summed E-state index contributed by atoms with van der Waals surface area (Å²) < 4.78 is 0. The van der Waals surface area contributed by atoms with E-state index in [4.69, 9.17) is 11.6 Å². The molecule has 15 heavy (non-hydrogen) atoms. The van der Waals surface area contributed by atoms with Crippen LogP contribution in [-0.2, 0) is 12.8 Å². The van der Waals surface area contributed by atoms with Crippen molar-refractivity contribution in [2.24, 2.45) is 0 Å². The van der Waals surface area contributed by atoms with E-state index in [1.165, 1.54) is 30.4 Å². The van der Waals surface area contributed by atoms with Gasteiger partial charge in [-0.25, -0.2) is 15.0 Å². The Hall–Kier alpha value is -1.22. The number of halogens is 1. The maximum atomic E-state index is 5.99. The molecule has 0 radical (unpaired) electrons. The van der Waals surface area contributed by atoms with Gasteiger partial charge in [0.1, 0.15) is 11.8 Å². The Bertz CT molecular complexity index is 524. The van der Waals surface area contributed by atoms with Crippen LogP contribution in [0.25, 0.3) is 11.0 Å². The molecule has 1 aliphatic rings. The first-order valence-electron chi connectivity index (χ1n) is 5.13. The van der Waals surface area contributed by atoms with Gasteiger partial charge in [-0.2, -0.15) is 0 Å². The van der Waals surface area contributed by atoms with E-state index in [0.717, 1.165) is 23.9 Å². The van der Waals surface area contributed by atoms with Gasteiger partial charge < -0.3 is 0 Å². The van der Waals surface area contributed by atoms with Gasteiger partial charge in [-0.1, -0.05) is 11.6 Å². The number of hydrogen-bond acceptors (Lipinski definition) is 3. The molecular weight excluding hydrogens is 210 g/mol. The summed E-state index contributed by atoms with van der Waals surface area (Å²) in [4.78, 5) is 12.7. The van der Waals surface area contributed by atoms with E-state index in [1.54, 1.807) is 0 Å². The number of aryl methyl sites for hydroxylation is 2. The van der Waals surface area contributed by atoms with E-state index in [2.05, 4.69) is 21.0 Å². The van der Waals surface area contributed by atoms with E-state index >= 15 is 0 Å². The van der Waals surface area contributed by atoms with E-state index in [0.29, 0.717) is 5.15 Å². The van der Waals surface area contributed by atoms with Gasteiger partial charge in [0.2, 0.25) is 0 Å². The lowest BCUT2D eigenvalue weighted by Crippen LogP contribution is -2.06. The molecule has 2 aromatic heterocycles. The molecule has 0 fully saturated rings. The molecule has 0 spiro atoms. The first kappa shape index (κ1) is 9.04. The Morgan fingerprint density at radius 3 is 2.93 bits per heavy atom. The quantitative estimate of drug-likeness (QED) is 0.640. The predicted molar refractivity (Wildman–Crippen MR) is 59.0 cm³/mol. The zero-order chi connectivity index (χ0) is 10.3. The summed E-state index contributed by atoms with van der Waals surface area (Å²) in [5.41, 5.74) is 4.09. The van der Waals surface area contributed by atoms with Crippen LogP contribution in [0, 0.1) is 0 Å². The Morgan fingerprint density at radius 1 is 1.13 bits per heavy atom. The summed E-state index contributed by atoms with van der Waals surface area (Å²) in [7, 11) is 0. The van der Waals surface area contributed by atoms with Crippen molar-refractivity contribution in [1.29, 1.82) is 0 Å². The molecule has 0 amide bonds. The minimum absolute atomic E-state index is 0.452. The molecule has 0 saturated carbocycles. The van der Waals surface area contributed by atoms with Crippen molar-refractivity contribution in [2.45, 2.75) is 25.7 Å². The summed E-state index contributed by atoms with van der Waals surface area (Å²) in [6, 6.07) is 2.10. The fraction of sp³-hybridized carbons (Fsp3) is 0.364. The maximum absolute atomic E-state index is 5.99. The number of fused-ring (bicyclic) bond motifs is 2. The second-order valence-electron chi connectivity index (χ2n) is 3.83. The Morgan fingerprint density at radius 2 is 2.00 bits per heavy atom. The second-order valence-corrected chi connectivity index (χ2v) is 4.19. The third kappa shape index (κ3) is 1.47. The molecule has 0 N–H and O–H groups in total. The molecule has 4 heteroatoms. The highest BCUT2D eigenvalue weighted by molar-refractivity contribution is 6.33. The summed E-state index contributed by atoms with van der Waals surface area (Å²) >= 11 is 5.99. The smallest absolute Gasteiger partial charge is 0.158 e. The van der Waals surface area contributed by atoms with E-state index < -0.39 is 0 Å². The first-order valence-corrected chi connectivity index (χ1v) is 5.51. The van der Waals surface area contributed by atoms with Gasteiger partial charge in [0.05, 0.1) is 5.52 Å².